The third-order valence-electron chi connectivity index (χ3n) is 6.29. The van der Waals surface area contributed by atoms with Crippen molar-refractivity contribution in [2.75, 3.05) is 27.2 Å². The van der Waals surface area contributed by atoms with Crippen molar-refractivity contribution < 1.29 is 4.74 Å². The SMILES string of the molecule is COc1cc(-c2cnc3[nH]cc(-c4cc[c]cc4)c3c2)ccc1C1CCN(C)CC1. The van der Waals surface area contributed by atoms with Gasteiger partial charge in [0.2, 0.25) is 0 Å². The molecule has 2 aromatic carbocycles. The molecular formula is C26H26N3O. The summed E-state index contributed by atoms with van der Waals surface area (Å²) in [6.45, 7) is 2.29. The predicted octanol–water partition coefficient (Wildman–Crippen LogP) is 5.51. The lowest BCUT2D eigenvalue weighted by Gasteiger charge is -2.30. The molecule has 0 aliphatic carbocycles. The Bertz CT molecular complexity index is 1160. The quantitative estimate of drug-likeness (QED) is 0.494. The van der Waals surface area contributed by atoms with Crippen LogP contribution >= 0.6 is 0 Å². The van der Waals surface area contributed by atoms with E-state index in [2.05, 4.69) is 64.4 Å². The number of hydrogen-bond donors (Lipinski definition) is 1. The molecule has 30 heavy (non-hydrogen) atoms. The molecule has 1 aliphatic rings. The number of benzene rings is 2. The average Bonchev–Trinajstić information content (AvgIpc) is 3.23. The molecule has 0 spiro atoms. The molecule has 2 aromatic heterocycles. The fourth-order valence-corrected chi connectivity index (χ4v) is 4.51. The summed E-state index contributed by atoms with van der Waals surface area (Å²) in [6.07, 6.45) is 6.33. The van der Waals surface area contributed by atoms with E-state index in [0.717, 1.165) is 52.1 Å². The van der Waals surface area contributed by atoms with E-state index >= 15 is 0 Å². The number of ether oxygens (including phenoxy) is 1. The fourth-order valence-electron chi connectivity index (χ4n) is 4.51. The smallest absolute Gasteiger partial charge is 0.137 e. The molecule has 1 saturated heterocycles. The molecule has 151 valence electrons. The number of methoxy groups -OCH3 is 1. The fraction of sp³-hybridized carbons (Fsp3) is 0.269. The summed E-state index contributed by atoms with van der Waals surface area (Å²) in [5.74, 6) is 1.55. The van der Waals surface area contributed by atoms with Gasteiger partial charge in [-0.3, -0.25) is 0 Å². The van der Waals surface area contributed by atoms with E-state index in [-0.39, 0.29) is 0 Å². The van der Waals surface area contributed by atoms with Gasteiger partial charge in [0.05, 0.1) is 7.11 Å². The first-order valence-corrected chi connectivity index (χ1v) is 10.5. The van der Waals surface area contributed by atoms with Gasteiger partial charge in [-0.05, 0) is 73.8 Å². The van der Waals surface area contributed by atoms with Gasteiger partial charge >= 0.3 is 0 Å². The average molecular weight is 397 g/mol. The molecule has 0 amide bonds. The summed E-state index contributed by atoms with van der Waals surface area (Å²) in [7, 11) is 3.97. The van der Waals surface area contributed by atoms with E-state index in [1.807, 2.05) is 24.5 Å². The van der Waals surface area contributed by atoms with Gasteiger partial charge in [-0.15, -0.1) is 0 Å². The van der Waals surface area contributed by atoms with Crippen LogP contribution in [0.2, 0.25) is 0 Å². The minimum Gasteiger partial charge on any atom is -0.496 e. The van der Waals surface area contributed by atoms with Crippen molar-refractivity contribution in [2.45, 2.75) is 18.8 Å². The number of rotatable bonds is 4. The van der Waals surface area contributed by atoms with Crippen molar-refractivity contribution in [3.63, 3.8) is 0 Å². The van der Waals surface area contributed by atoms with Crippen molar-refractivity contribution in [1.82, 2.24) is 14.9 Å². The lowest BCUT2D eigenvalue weighted by Crippen LogP contribution is -2.29. The number of aromatic nitrogens is 2. The van der Waals surface area contributed by atoms with Crippen LogP contribution in [0.1, 0.15) is 24.3 Å². The van der Waals surface area contributed by atoms with Gasteiger partial charge in [-0.25, -0.2) is 4.98 Å². The summed E-state index contributed by atoms with van der Waals surface area (Å²) in [6, 6.07) is 20.0. The van der Waals surface area contributed by atoms with Crippen LogP contribution in [0, 0.1) is 6.07 Å². The number of nitrogens with zero attached hydrogens (tertiary/aromatic N) is 2. The zero-order chi connectivity index (χ0) is 20.5. The van der Waals surface area contributed by atoms with E-state index < -0.39 is 0 Å². The molecule has 1 fully saturated rings. The number of aromatic amines is 1. The Morgan fingerprint density at radius 1 is 1.03 bits per heavy atom. The standard InChI is InChI=1S/C26H26N3O/c1-29-12-10-19(11-13-29)22-9-8-20(15-25(22)30-2)21-14-23-24(17-28-26(23)27-16-21)18-6-4-3-5-7-18/h4-9,14-17,19H,10-13H2,1-2H3,(H,27,28). The van der Waals surface area contributed by atoms with Crippen LogP contribution in [0.25, 0.3) is 33.3 Å². The predicted molar refractivity (Wildman–Crippen MR) is 122 cm³/mol. The number of nitrogens with one attached hydrogen (secondary N) is 1. The maximum Gasteiger partial charge on any atom is 0.137 e. The molecular weight excluding hydrogens is 370 g/mol. The van der Waals surface area contributed by atoms with Gasteiger partial charge in [0.25, 0.3) is 0 Å². The summed E-state index contributed by atoms with van der Waals surface area (Å²) in [4.78, 5) is 10.4. The normalized spacial score (nSPS) is 15.5. The second-order valence-electron chi connectivity index (χ2n) is 8.15. The molecule has 3 heterocycles. The Hall–Kier alpha value is -3.11. The monoisotopic (exact) mass is 396 g/mol. The van der Waals surface area contributed by atoms with Crippen LogP contribution < -0.4 is 4.74 Å². The summed E-state index contributed by atoms with van der Waals surface area (Å²) in [5.41, 5.74) is 6.77. The highest BCUT2D eigenvalue weighted by molar-refractivity contribution is 5.95. The number of H-pyrrole nitrogens is 1. The van der Waals surface area contributed by atoms with Gasteiger partial charge in [0, 0.05) is 28.9 Å². The molecule has 5 rings (SSSR count). The summed E-state index contributed by atoms with van der Waals surface area (Å²) < 4.78 is 5.81. The van der Waals surface area contributed by atoms with E-state index in [0.29, 0.717) is 5.92 Å². The zero-order valence-corrected chi connectivity index (χ0v) is 17.5. The van der Waals surface area contributed by atoms with Gasteiger partial charge in [-0.1, -0.05) is 36.4 Å². The molecule has 0 unspecified atom stereocenters. The second kappa shape index (κ2) is 7.96. The number of pyridine rings is 1. The van der Waals surface area contributed by atoms with Crippen LogP contribution in [0.4, 0.5) is 0 Å². The highest BCUT2D eigenvalue weighted by atomic mass is 16.5. The molecule has 1 N–H and O–H groups in total. The van der Waals surface area contributed by atoms with E-state index in [9.17, 15) is 0 Å². The van der Waals surface area contributed by atoms with Crippen LogP contribution in [0.5, 0.6) is 5.75 Å². The maximum atomic E-state index is 5.81. The van der Waals surface area contributed by atoms with Crippen molar-refractivity contribution in [3.05, 3.63) is 72.6 Å². The van der Waals surface area contributed by atoms with Gasteiger partial charge in [-0.2, -0.15) is 0 Å². The van der Waals surface area contributed by atoms with Crippen molar-refractivity contribution in [2.24, 2.45) is 0 Å². The topological polar surface area (TPSA) is 41.1 Å². The molecule has 0 saturated carbocycles. The highest BCUT2D eigenvalue weighted by Crippen LogP contribution is 2.37. The number of hydrogen-bond acceptors (Lipinski definition) is 3. The van der Waals surface area contributed by atoms with E-state index in [4.69, 9.17) is 4.74 Å². The minimum absolute atomic E-state index is 0.567. The Labute approximate surface area is 177 Å². The Balaban J connectivity index is 1.52. The second-order valence-corrected chi connectivity index (χ2v) is 8.15. The molecule has 4 heteroatoms. The van der Waals surface area contributed by atoms with Crippen molar-refractivity contribution >= 4 is 11.0 Å². The molecule has 0 bridgehead atoms. The summed E-state index contributed by atoms with van der Waals surface area (Å²) in [5, 5.41) is 1.12. The molecule has 1 radical (unpaired) electrons. The van der Waals surface area contributed by atoms with E-state index in [1.54, 1.807) is 7.11 Å². The minimum atomic E-state index is 0.567. The van der Waals surface area contributed by atoms with Gasteiger partial charge in [0.1, 0.15) is 11.4 Å². The number of likely N-dealkylation sites (tertiary alicyclic amines) is 1. The Morgan fingerprint density at radius 3 is 2.60 bits per heavy atom. The zero-order valence-electron chi connectivity index (χ0n) is 17.5. The van der Waals surface area contributed by atoms with Crippen molar-refractivity contribution in [3.8, 4) is 28.0 Å². The highest BCUT2D eigenvalue weighted by Gasteiger charge is 2.22. The largest absolute Gasteiger partial charge is 0.496 e. The Kier molecular flexibility index (Phi) is 5.01. The van der Waals surface area contributed by atoms with Crippen LogP contribution in [-0.2, 0) is 0 Å². The molecule has 4 nitrogen and oxygen atoms in total. The maximum absolute atomic E-state index is 5.81. The van der Waals surface area contributed by atoms with Crippen LogP contribution in [0.3, 0.4) is 0 Å². The van der Waals surface area contributed by atoms with Gasteiger partial charge < -0.3 is 14.6 Å². The lowest BCUT2D eigenvalue weighted by molar-refractivity contribution is 0.252. The first kappa shape index (κ1) is 18.9. The first-order chi connectivity index (χ1) is 14.7. The van der Waals surface area contributed by atoms with Crippen LogP contribution in [0.15, 0.2) is 60.9 Å². The Morgan fingerprint density at radius 2 is 1.83 bits per heavy atom. The lowest BCUT2D eigenvalue weighted by atomic mass is 9.88. The number of piperidine rings is 1. The van der Waals surface area contributed by atoms with E-state index in [1.165, 1.54) is 18.4 Å². The third kappa shape index (κ3) is 3.48. The third-order valence-corrected chi connectivity index (χ3v) is 6.29. The summed E-state index contributed by atoms with van der Waals surface area (Å²) >= 11 is 0. The molecule has 4 aromatic rings. The van der Waals surface area contributed by atoms with Crippen LogP contribution in [-0.4, -0.2) is 42.1 Å². The molecule has 0 atom stereocenters. The van der Waals surface area contributed by atoms with Gasteiger partial charge in [0.15, 0.2) is 0 Å². The van der Waals surface area contributed by atoms with Crippen molar-refractivity contribution in [1.29, 1.82) is 0 Å². The number of fused-ring (bicyclic) bond motifs is 1. The first-order valence-electron chi connectivity index (χ1n) is 10.5. The molecule has 1 aliphatic heterocycles.